The molecule has 5 rings (SSSR count). The topological polar surface area (TPSA) is 127 Å². The fraction of sp³-hybridized carbons (Fsp3) is 0.250. The van der Waals surface area contributed by atoms with Crippen molar-refractivity contribution in [2.45, 2.75) is 30.2 Å². The predicted molar refractivity (Wildman–Crippen MR) is 91.8 cm³/mol. The third-order valence-electron chi connectivity index (χ3n) is 4.75. The van der Waals surface area contributed by atoms with Crippen LogP contribution in [0.2, 0.25) is 0 Å². The summed E-state index contributed by atoms with van der Waals surface area (Å²) in [5, 5.41) is 15.3. The van der Waals surface area contributed by atoms with Crippen LogP contribution >= 0.6 is 0 Å². The summed E-state index contributed by atoms with van der Waals surface area (Å²) in [5.74, 6) is 0. The lowest BCUT2D eigenvalue weighted by molar-refractivity contribution is 0.315. The Morgan fingerprint density at radius 1 is 1.23 bits per heavy atom. The van der Waals surface area contributed by atoms with Gasteiger partial charge in [-0.3, -0.25) is 5.10 Å². The number of aryl methyl sites for hydroxylation is 1. The monoisotopic (exact) mass is 370 g/mol. The molecule has 0 spiro atoms. The highest BCUT2D eigenvalue weighted by Crippen LogP contribution is 2.28. The molecule has 3 aromatic heterocycles. The van der Waals surface area contributed by atoms with E-state index in [0.29, 0.717) is 18.4 Å². The summed E-state index contributed by atoms with van der Waals surface area (Å²) >= 11 is 0. The molecule has 0 aliphatic heterocycles. The first kappa shape index (κ1) is 15.4. The summed E-state index contributed by atoms with van der Waals surface area (Å²) in [6.07, 6.45) is 5.60. The van der Waals surface area contributed by atoms with Crippen LogP contribution in [-0.4, -0.2) is 40.0 Å². The van der Waals surface area contributed by atoms with Gasteiger partial charge in [0.05, 0.1) is 6.20 Å². The second-order valence-corrected chi connectivity index (χ2v) is 8.03. The molecule has 0 saturated heterocycles. The SMILES string of the molecule is O=S(=O)(NC1CCc2c(cnc3[nH]ncc23)C1)c1cccc2nonc12. The number of pyridine rings is 1. The van der Waals surface area contributed by atoms with Gasteiger partial charge in [0.1, 0.15) is 10.4 Å². The molecule has 2 N–H and O–H groups in total. The lowest BCUT2D eigenvalue weighted by Gasteiger charge is -2.25. The molecule has 0 bridgehead atoms. The number of sulfonamides is 1. The van der Waals surface area contributed by atoms with Crippen molar-refractivity contribution >= 4 is 32.1 Å². The van der Waals surface area contributed by atoms with Crippen molar-refractivity contribution in [1.29, 1.82) is 0 Å². The number of H-pyrrole nitrogens is 1. The Morgan fingerprint density at radius 2 is 2.15 bits per heavy atom. The second-order valence-electron chi connectivity index (χ2n) is 6.34. The van der Waals surface area contributed by atoms with Crippen LogP contribution < -0.4 is 4.72 Å². The number of aromatic amines is 1. The van der Waals surface area contributed by atoms with Gasteiger partial charge in [0, 0.05) is 17.6 Å². The van der Waals surface area contributed by atoms with Crippen LogP contribution in [0.3, 0.4) is 0 Å². The average molecular weight is 370 g/mol. The van der Waals surface area contributed by atoms with Gasteiger partial charge in [0.15, 0.2) is 11.2 Å². The molecule has 0 fully saturated rings. The molecule has 0 radical (unpaired) electrons. The zero-order valence-electron chi connectivity index (χ0n) is 13.5. The molecule has 9 nitrogen and oxygen atoms in total. The number of nitrogens with zero attached hydrogens (tertiary/aromatic N) is 4. The third-order valence-corrected chi connectivity index (χ3v) is 6.30. The maximum absolute atomic E-state index is 12.8. The number of hydrogen-bond acceptors (Lipinski definition) is 7. The summed E-state index contributed by atoms with van der Waals surface area (Å²) in [5.41, 5.74) is 3.63. The van der Waals surface area contributed by atoms with E-state index in [2.05, 4.69) is 34.8 Å². The minimum atomic E-state index is -3.74. The van der Waals surface area contributed by atoms with Crippen molar-refractivity contribution in [3.05, 3.63) is 41.7 Å². The van der Waals surface area contributed by atoms with Crippen LogP contribution in [0.25, 0.3) is 22.1 Å². The maximum atomic E-state index is 12.8. The lowest BCUT2D eigenvalue weighted by atomic mass is 9.88. The molecular formula is C16H14N6O3S. The van der Waals surface area contributed by atoms with Crippen molar-refractivity contribution < 1.29 is 13.0 Å². The normalized spacial score (nSPS) is 17.6. The van der Waals surface area contributed by atoms with Crippen LogP contribution in [0.5, 0.6) is 0 Å². The van der Waals surface area contributed by atoms with Gasteiger partial charge in [-0.15, -0.1) is 0 Å². The highest BCUT2D eigenvalue weighted by molar-refractivity contribution is 7.89. The highest BCUT2D eigenvalue weighted by Gasteiger charge is 2.28. The lowest BCUT2D eigenvalue weighted by Crippen LogP contribution is -2.39. The molecule has 3 heterocycles. The number of rotatable bonds is 3. The summed E-state index contributed by atoms with van der Waals surface area (Å²) < 4.78 is 33.1. The molecule has 132 valence electrons. The molecule has 1 atom stereocenters. The first-order chi connectivity index (χ1) is 12.6. The standard InChI is InChI=1S/C16H14N6O3S/c23-26(24,14-3-1-2-13-15(14)21-25-20-13)22-10-4-5-11-9(6-10)7-17-16-12(11)8-18-19-16/h1-3,7-8,10,22H,4-6H2,(H,17,18,19). The summed E-state index contributed by atoms with van der Waals surface area (Å²) in [7, 11) is -3.74. The molecule has 10 heteroatoms. The van der Waals surface area contributed by atoms with Gasteiger partial charge >= 0.3 is 0 Å². The Balaban J connectivity index is 1.45. The Bertz CT molecular complexity index is 1230. The smallest absolute Gasteiger partial charge is 0.243 e. The molecule has 1 aliphatic carbocycles. The van der Waals surface area contributed by atoms with E-state index < -0.39 is 10.0 Å². The fourth-order valence-electron chi connectivity index (χ4n) is 3.53. The molecular weight excluding hydrogens is 356 g/mol. The van der Waals surface area contributed by atoms with E-state index in [0.717, 1.165) is 23.0 Å². The first-order valence-electron chi connectivity index (χ1n) is 8.15. The van der Waals surface area contributed by atoms with Gasteiger partial charge < -0.3 is 0 Å². The van der Waals surface area contributed by atoms with E-state index in [-0.39, 0.29) is 16.5 Å². The van der Waals surface area contributed by atoms with Gasteiger partial charge in [0.25, 0.3) is 0 Å². The summed E-state index contributed by atoms with van der Waals surface area (Å²) in [4.78, 5) is 4.43. The third kappa shape index (κ3) is 2.37. The number of nitrogens with one attached hydrogen (secondary N) is 2. The van der Waals surface area contributed by atoms with Crippen molar-refractivity contribution in [1.82, 2.24) is 30.2 Å². The van der Waals surface area contributed by atoms with Crippen LogP contribution in [0.1, 0.15) is 17.5 Å². The minimum absolute atomic E-state index is 0.0745. The van der Waals surface area contributed by atoms with Crippen LogP contribution in [0.4, 0.5) is 0 Å². The Kier molecular flexibility index (Phi) is 3.31. The highest BCUT2D eigenvalue weighted by atomic mass is 32.2. The minimum Gasteiger partial charge on any atom is -0.261 e. The first-order valence-corrected chi connectivity index (χ1v) is 9.63. The van der Waals surface area contributed by atoms with E-state index in [1.54, 1.807) is 24.5 Å². The maximum Gasteiger partial charge on any atom is 0.243 e. The quantitative estimate of drug-likeness (QED) is 0.557. The molecule has 0 amide bonds. The molecule has 0 saturated carbocycles. The average Bonchev–Trinajstić information content (AvgIpc) is 3.29. The Labute approximate surface area is 147 Å². The van der Waals surface area contributed by atoms with Gasteiger partial charge in [0.2, 0.25) is 10.0 Å². The summed E-state index contributed by atoms with van der Waals surface area (Å²) in [6.45, 7) is 0. The van der Waals surface area contributed by atoms with Crippen LogP contribution in [-0.2, 0) is 22.9 Å². The molecule has 26 heavy (non-hydrogen) atoms. The van der Waals surface area contributed by atoms with Crippen molar-refractivity contribution in [3.8, 4) is 0 Å². The van der Waals surface area contributed by atoms with Crippen LogP contribution in [0, 0.1) is 0 Å². The molecule has 1 aromatic carbocycles. The number of aromatic nitrogens is 5. The van der Waals surface area contributed by atoms with Crippen molar-refractivity contribution in [2.75, 3.05) is 0 Å². The Hall–Kier alpha value is -2.85. The van der Waals surface area contributed by atoms with Crippen molar-refractivity contribution in [3.63, 3.8) is 0 Å². The van der Waals surface area contributed by atoms with Gasteiger partial charge in [-0.25, -0.2) is 22.8 Å². The Morgan fingerprint density at radius 3 is 3.08 bits per heavy atom. The zero-order chi connectivity index (χ0) is 17.7. The van der Waals surface area contributed by atoms with Gasteiger partial charge in [-0.05, 0) is 52.8 Å². The number of benzene rings is 1. The van der Waals surface area contributed by atoms with Crippen LogP contribution in [0.15, 0.2) is 40.1 Å². The predicted octanol–water partition coefficient (Wildman–Crippen LogP) is 1.33. The van der Waals surface area contributed by atoms with Gasteiger partial charge in [-0.1, -0.05) is 6.07 Å². The zero-order valence-corrected chi connectivity index (χ0v) is 14.3. The van der Waals surface area contributed by atoms with E-state index in [9.17, 15) is 8.42 Å². The molecule has 4 aromatic rings. The second kappa shape index (κ2) is 5.58. The number of fused-ring (bicyclic) bond motifs is 4. The number of hydrogen-bond donors (Lipinski definition) is 2. The molecule has 1 aliphatic rings. The summed E-state index contributed by atoms with van der Waals surface area (Å²) in [6, 6.07) is 4.57. The van der Waals surface area contributed by atoms with Crippen molar-refractivity contribution in [2.24, 2.45) is 0 Å². The largest absolute Gasteiger partial charge is 0.261 e. The van der Waals surface area contributed by atoms with E-state index in [4.69, 9.17) is 0 Å². The van der Waals surface area contributed by atoms with E-state index in [1.807, 2.05) is 0 Å². The van der Waals surface area contributed by atoms with E-state index in [1.165, 1.54) is 11.6 Å². The molecule has 1 unspecified atom stereocenters. The fourth-order valence-corrected chi connectivity index (χ4v) is 4.95. The van der Waals surface area contributed by atoms with E-state index >= 15 is 0 Å². The van der Waals surface area contributed by atoms with Gasteiger partial charge in [-0.2, -0.15) is 5.10 Å².